The fraction of sp³-hybridized carbons (Fsp3) is 0.467. The molecular formula is C30H31Cl2N3O4. The number of likely N-dealkylation sites (tertiary alicyclic amines) is 1. The lowest BCUT2D eigenvalue weighted by molar-refractivity contribution is -0.147. The van der Waals surface area contributed by atoms with E-state index >= 15 is 0 Å². The van der Waals surface area contributed by atoms with Gasteiger partial charge in [-0.15, -0.1) is 0 Å². The van der Waals surface area contributed by atoms with Gasteiger partial charge in [0, 0.05) is 16.1 Å². The number of hydrogen-bond donors (Lipinski definition) is 0. The Kier molecular flexibility index (Phi) is 6.50. The molecule has 4 aliphatic rings. The van der Waals surface area contributed by atoms with Crippen molar-refractivity contribution in [3.63, 3.8) is 0 Å². The lowest BCUT2D eigenvalue weighted by Crippen LogP contribution is -2.55. The first-order chi connectivity index (χ1) is 18.7. The molecule has 0 aromatic heterocycles. The molecule has 0 N–H and O–H groups in total. The Balaban J connectivity index is 1.56. The molecule has 2 aromatic carbocycles. The summed E-state index contributed by atoms with van der Waals surface area (Å²) in [5, 5.41) is 0.907. The number of nitrogens with zero attached hydrogens (tertiary/aromatic N) is 3. The van der Waals surface area contributed by atoms with Gasteiger partial charge in [-0.05, 0) is 61.1 Å². The molecule has 3 heterocycles. The number of benzene rings is 2. The third kappa shape index (κ3) is 3.84. The Morgan fingerprint density at radius 1 is 0.897 bits per heavy atom. The summed E-state index contributed by atoms with van der Waals surface area (Å²) in [6.07, 6.45) is 4.80. The highest BCUT2D eigenvalue weighted by molar-refractivity contribution is 6.32. The maximum Gasteiger partial charge on any atom is 0.332 e. The normalized spacial score (nSPS) is 29.2. The predicted octanol–water partition coefficient (Wildman–Crippen LogP) is 6.24. The third-order valence-electron chi connectivity index (χ3n) is 8.86. The molecule has 5 amide bonds. The number of anilines is 1. The van der Waals surface area contributed by atoms with Gasteiger partial charge in [0.2, 0.25) is 11.8 Å². The molecule has 9 heteroatoms. The Labute approximate surface area is 238 Å². The van der Waals surface area contributed by atoms with Crippen molar-refractivity contribution in [1.82, 2.24) is 9.80 Å². The molecule has 39 heavy (non-hydrogen) atoms. The molecule has 6 rings (SSSR count). The van der Waals surface area contributed by atoms with Crippen molar-refractivity contribution < 1.29 is 19.2 Å². The van der Waals surface area contributed by atoms with E-state index in [1.807, 2.05) is 13.8 Å². The van der Waals surface area contributed by atoms with Crippen molar-refractivity contribution in [3.8, 4) is 0 Å². The zero-order valence-electron chi connectivity index (χ0n) is 22.0. The molecule has 204 valence electrons. The van der Waals surface area contributed by atoms with Crippen molar-refractivity contribution >= 4 is 52.6 Å². The highest BCUT2D eigenvalue weighted by Crippen LogP contribution is 2.61. The van der Waals surface area contributed by atoms with E-state index in [0.717, 1.165) is 37.0 Å². The van der Waals surface area contributed by atoms with Crippen LogP contribution in [0.2, 0.25) is 10.0 Å². The van der Waals surface area contributed by atoms with Crippen molar-refractivity contribution in [2.45, 2.75) is 70.0 Å². The lowest BCUT2D eigenvalue weighted by Gasteiger charge is -2.38. The number of carbonyl (C=O) groups is 4. The largest absolute Gasteiger partial charge is 0.332 e. The fourth-order valence-corrected chi connectivity index (χ4v) is 7.81. The van der Waals surface area contributed by atoms with E-state index in [1.54, 1.807) is 53.4 Å². The van der Waals surface area contributed by atoms with E-state index in [0.29, 0.717) is 21.3 Å². The topological polar surface area (TPSA) is 78.0 Å². The molecule has 1 aliphatic carbocycles. The van der Waals surface area contributed by atoms with E-state index in [4.69, 9.17) is 23.2 Å². The molecule has 3 unspecified atom stereocenters. The van der Waals surface area contributed by atoms with Crippen LogP contribution in [0, 0.1) is 17.8 Å². The maximum absolute atomic E-state index is 14.6. The number of fused-ring (bicyclic) bond motifs is 3. The van der Waals surface area contributed by atoms with E-state index in [-0.39, 0.29) is 30.2 Å². The van der Waals surface area contributed by atoms with Gasteiger partial charge in [0.1, 0.15) is 5.54 Å². The lowest BCUT2D eigenvalue weighted by atomic mass is 9.74. The number of rotatable bonds is 5. The van der Waals surface area contributed by atoms with Crippen molar-refractivity contribution in [3.05, 3.63) is 64.1 Å². The average molecular weight is 569 g/mol. The van der Waals surface area contributed by atoms with Gasteiger partial charge < -0.3 is 4.90 Å². The van der Waals surface area contributed by atoms with Crippen LogP contribution in [0.25, 0.3) is 0 Å². The second-order valence-electron chi connectivity index (χ2n) is 11.6. The highest BCUT2D eigenvalue weighted by atomic mass is 35.5. The van der Waals surface area contributed by atoms with Gasteiger partial charge in [-0.1, -0.05) is 74.5 Å². The van der Waals surface area contributed by atoms with Crippen LogP contribution in [0.4, 0.5) is 10.5 Å². The van der Waals surface area contributed by atoms with Gasteiger partial charge in [-0.25, -0.2) is 9.69 Å². The van der Waals surface area contributed by atoms with Crippen LogP contribution in [-0.2, 0) is 14.4 Å². The molecule has 3 aliphatic heterocycles. The van der Waals surface area contributed by atoms with E-state index in [2.05, 4.69) is 0 Å². The zero-order valence-corrected chi connectivity index (χ0v) is 23.5. The zero-order chi connectivity index (χ0) is 27.6. The fourth-order valence-electron chi connectivity index (χ4n) is 7.50. The summed E-state index contributed by atoms with van der Waals surface area (Å²) in [5.41, 5.74) is -0.457. The first kappa shape index (κ1) is 26.3. The van der Waals surface area contributed by atoms with Gasteiger partial charge in [-0.2, -0.15) is 0 Å². The second-order valence-corrected chi connectivity index (χ2v) is 12.5. The minimum Gasteiger partial charge on any atom is -0.300 e. The number of halogens is 2. The van der Waals surface area contributed by atoms with Crippen LogP contribution in [0.5, 0.6) is 0 Å². The summed E-state index contributed by atoms with van der Waals surface area (Å²) in [6, 6.07) is 12.1. The molecule has 3 saturated heterocycles. The first-order valence-corrected chi connectivity index (χ1v) is 14.5. The minimum atomic E-state index is -1.49. The van der Waals surface area contributed by atoms with Crippen molar-refractivity contribution in [1.29, 1.82) is 0 Å². The van der Waals surface area contributed by atoms with Crippen LogP contribution >= 0.6 is 23.2 Å². The minimum absolute atomic E-state index is 0.0280. The van der Waals surface area contributed by atoms with Crippen LogP contribution in [0.1, 0.15) is 64.0 Å². The summed E-state index contributed by atoms with van der Waals surface area (Å²) in [6.45, 7) is 3.94. The van der Waals surface area contributed by atoms with E-state index in [1.165, 1.54) is 4.90 Å². The summed E-state index contributed by atoms with van der Waals surface area (Å²) < 4.78 is 0. The first-order valence-electron chi connectivity index (χ1n) is 13.7. The number of carbonyl (C=O) groups excluding carboxylic acids is 4. The molecule has 1 saturated carbocycles. The molecule has 7 nitrogen and oxygen atoms in total. The van der Waals surface area contributed by atoms with Gasteiger partial charge in [0.25, 0.3) is 5.91 Å². The standard InChI is InChI=1S/C30H31Cl2N3O4/c1-17(2)16-30-24-23(26(36)33(27(24)37)21-8-4-3-5-9-21)25(18-11-13-19(31)14-12-18)35(30)29(39)34(28(30)38)22-10-6-7-20(32)15-22/h6-7,10-15,17,21,23-25H,3-5,8-9,16H2,1-2H3/t23?,24?,25?,30-/m1/s1. The molecule has 2 aromatic rings. The number of hydrogen-bond acceptors (Lipinski definition) is 4. The molecule has 4 atom stereocenters. The van der Waals surface area contributed by atoms with Gasteiger partial charge in [0.05, 0.1) is 23.6 Å². The smallest absolute Gasteiger partial charge is 0.300 e. The second kappa shape index (κ2) is 9.63. The van der Waals surface area contributed by atoms with Gasteiger partial charge >= 0.3 is 6.03 Å². The molecule has 4 fully saturated rings. The predicted molar refractivity (Wildman–Crippen MR) is 148 cm³/mol. The highest BCUT2D eigenvalue weighted by Gasteiger charge is 2.77. The third-order valence-corrected chi connectivity index (χ3v) is 9.34. The van der Waals surface area contributed by atoms with Crippen LogP contribution in [0.3, 0.4) is 0 Å². The molecule has 0 bridgehead atoms. The molecule has 0 spiro atoms. The summed E-state index contributed by atoms with van der Waals surface area (Å²) in [7, 11) is 0. The number of urea groups is 1. The quantitative estimate of drug-likeness (QED) is 0.316. The molecular weight excluding hydrogens is 537 g/mol. The monoisotopic (exact) mass is 567 g/mol. The SMILES string of the molecule is CC(C)C[C@@]12C(=O)N(c3cccc(Cl)c3)C(=O)N1C(c1ccc(Cl)cc1)C1C(=O)N(C3CCCCC3)C(=O)C12. The summed E-state index contributed by atoms with van der Waals surface area (Å²) in [5.74, 6) is -2.90. The number of amides is 5. The van der Waals surface area contributed by atoms with E-state index < -0.39 is 35.4 Å². The van der Waals surface area contributed by atoms with Gasteiger partial charge in [-0.3, -0.25) is 19.3 Å². The Bertz CT molecular complexity index is 1360. The van der Waals surface area contributed by atoms with Crippen molar-refractivity contribution in [2.24, 2.45) is 17.8 Å². The van der Waals surface area contributed by atoms with E-state index in [9.17, 15) is 19.2 Å². The summed E-state index contributed by atoms with van der Waals surface area (Å²) in [4.78, 5) is 61.6. The number of imide groups is 2. The van der Waals surface area contributed by atoms with Crippen LogP contribution in [-0.4, -0.2) is 45.1 Å². The van der Waals surface area contributed by atoms with Gasteiger partial charge in [0.15, 0.2) is 0 Å². The van der Waals surface area contributed by atoms with Crippen LogP contribution < -0.4 is 4.90 Å². The summed E-state index contributed by atoms with van der Waals surface area (Å²) >= 11 is 12.5. The van der Waals surface area contributed by atoms with Crippen LogP contribution in [0.15, 0.2) is 48.5 Å². The average Bonchev–Trinajstić information content (AvgIpc) is 3.42. The Morgan fingerprint density at radius 2 is 1.59 bits per heavy atom. The maximum atomic E-state index is 14.6. The Morgan fingerprint density at radius 3 is 2.23 bits per heavy atom. The Hall–Kier alpha value is -2.90. The van der Waals surface area contributed by atoms with Crippen molar-refractivity contribution in [2.75, 3.05) is 4.90 Å². The molecule has 0 radical (unpaired) electrons.